The maximum absolute atomic E-state index is 13.1. The normalized spacial score (nSPS) is 11.3. The lowest BCUT2D eigenvalue weighted by Crippen LogP contribution is -2.09. The fraction of sp³-hybridized carbons (Fsp3) is 0.136. The Morgan fingerprint density at radius 1 is 1.03 bits per heavy atom. The van der Waals surface area contributed by atoms with Gasteiger partial charge < -0.3 is 5.73 Å². The molecule has 2 aromatic heterocycles. The molecule has 0 saturated carbocycles. The first-order valence-electron chi connectivity index (χ1n) is 9.31. The molecule has 0 fully saturated rings. The molecular formula is C22H14F3N7. The van der Waals surface area contributed by atoms with Crippen LogP contribution in [0.4, 0.5) is 19.1 Å². The van der Waals surface area contributed by atoms with E-state index in [2.05, 4.69) is 15.1 Å². The summed E-state index contributed by atoms with van der Waals surface area (Å²) < 4.78 is 40.9. The molecule has 32 heavy (non-hydrogen) atoms. The van der Waals surface area contributed by atoms with Crippen LogP contribution in [0, 0.1) is 29.6 Å². The van der Waals surface area contributed by atoms with Crippen LogP contribution in [0.15, 0.2) is 42.6 Å². The zero-order chi connectivity index (χ0) is 23.0. The second-order valence-electron chi connectivity index (χ2n) is 7.13. The van der Waals surface area contributed by atoms with Crippen LogP contribution in [0.2, 0.25) is 0 Å². The highest BCUT2D eigenvalue weighted by molar-refractivity contribution is 5.91. The number of hydrogen-bond donors (Lipinski definition) is 1. The fourth-order valence-corrected chi connectivity index (χ4v) is 3.38. The van der Waals surface area contributed by atoms with Gasteiger partial charge in [-0.15, -0.1) is 0 Å². The summed E-state index contributed by atoms with van der Waals surface area (Å²) in [5.74, 6) is -0.0733. The summed E-state index contributed by atoms with van der Waals surface area (Å²) in [5.41, 5.74) is 7.97. The van der Waals surface area contributed by atoms with E-state index < -0.39 is 11.7 Å². The van der Waals surface area contributed by atoms with Crippen LogP contribution < -0.4 is 5.73 Å². The topological polar surface area (TPSA) is 117 Å². The summed E-state index contributed by atoms with van der Waals surface area (Å²) >= 11 is 0. The average Bonchev–Trinajstić information content (AvgIpc) is 3.15. The standard InChI is InChI=1S/C22H14F3N7/c1-12-2-3-17(22(23,24)25)7-16(12)11-32-20-18(10-29-32)19(30-21(28)31-20)15-5-13(8-26)4-14(6-15)9-27/h2-7,10H,11H2,1H3,(H2,28,30,31). The minimum atomic E-state index is -4.46. The van der Waals surface area contributed by atoms with Crippen molar-refractivity contribution in [2.24, 2.45) is 0 Å². The lowest BCUT2D eigenvalue weighted by molar-refractivity contribution is -0.137. The lowest BCUT2D eigenvalue weighted by atomic mass is 10.0. The van der Waals surface area contributed by atoms with Crippen LogP contribution >= 0.6 is 0 Å². The highest BCUT2D eigenvalue weighted by atomic mass is 19.4. The Morgan fingerprint density at radius 2 is 1.72 bits per heavy atom. The number of hydrogen-bond acceptors (Lipinski definition) is 6. The molecule has 7 nitrogen and oxygen atoms in total. The number of nitrogens with two attached hydrogens (primary N) is 1. The molecule has 0 aliphatic carbocycles. The Kier molecular flexibility index (Phi) is 4.99. The smallest absolute Gasteiger partial charge is 0.368 e. The monoisotopic (exact) mass is 433 g/mol. The van der Waals surface area contributed by atoms with Gasteiger partial charge in [0, 0.05) is 5.56 Å². The first kappa shape index (κ1) is 20.8. The van der Waals surface area contributed by atoms with Gasteiger partial charge in [-0.25, -0.2) is 9.67 Å². The van der Waals surface area contributed by atoms with Gasteiger partial charge in [0.2, 0.25) is 5.95 Å². The van der Waals surface area contributed by atoms with Gasteiger partial charge in [0.25, 0.3) is 0 Å². The molecule has 4 aromatic rings. The minimum absolute atomic E-state index is 0.0385. The van der Waals surface area contributed by atoms with Gasteiger partial charge in [-0.05, 0) is 48.4 Å². The van der Waals surface area contributed by atoms with Crippen LogP contribution in [-0.4, -0.2) is 19.7 Å². The van der Waals surface area contributed by atoms with Crippen LogP contribution in [0.5, 0.6) is 0 Å². The van der Waals surface area contributed by atoms with E-state index in [1.807, 2.05) is 12.1 Å². The van der Waals surface area contributed by atoms with Crippen molar-refractivity contribution in [1.82, 2.24) is 19.7 Å². The third-order valence-corrected chi connectivity index (χ3v) is 4.97. The predicted molar refractivity (Wildman–Crippen MR) is 110 cm³/mol. The Balaban J connectivity index is 1.84. The molecule has 0 spiro atoms. The summed E-state index contributed by atoms with van der Waals surface area (Å²) in [6.07, 6.45) is -2.98. The van der Waals surface area contributed by atoms with Crippen molar-refractivity contribution in [3.63, 3.8) is 0 Å². The highest BCUT2D eigenvalue weighted by Crippen LogP contribution is 2.32. The van der Waals surface area contributed by atoms with E-state index in [1.165, 1.54) is 23.0 Å². The number of nitrogen functional groups attached to an aromatic ring is 1. The third-order valence-electron chi connectivity index (χ3n) is 4.97. The van der Waals surface area contributed by atoms with Gasteiger partial charge >= 0.3 is 6.18 Å². The van der Waals surface area contributed by atoms with E-state index in [9.17, 15) is 23.7 Å². The Morgan fingerprint density at radius 3 is 2.34 bits per heavy atom. The molecule has 0 saturated heterocycles. The summed E-state index contributed by atoms with van der Waals surface area (Å²) in [6.45, 7) is 1.75. The molecule has 10 heteroatoms. The summed E-state index contributed by atoms with van der Waals surface area (Å²) in [7, 11) is 0. The second-order valence-corrected chi connectivity index (χ2v) is 7.13. The Bertz CT molecular complexity index is 1410. The van der Waals surface area contributed by atoms with Gasteiger partial charge in [0.05, 0.1) is 52.7 Å². The molecule has 2 N–H and O–H groups in total. The van der Waals surface area contributed by atoms with Crippen molar-refractivity contribution in [2.45, 2.75) is 19.6 Å². The molecule has 0 bridgehead atoms. The van der Waals surface area contributed by atoms with Crippen LogP contribution in [0.1, 0.15) is 27.8 Å². The molecule has 0 radical (unpaired) electrons. The molecule has 2 heterocycles. The quantitative estimate of drug-likeness (QED) is 0.518. The Labute approximate surface area is 180 Å². The maximum atomic E-state index is 13.1. The number of nitrogens with zero attached hydrogens (tertiary/aromatic N) is 6. The molecule has 0 aliphatic rings. The van der Waals surface area contributed by atoms with Gasteiger partial charge in [-0.1, -0.05) is 6.07 Å². The molecule has 2 aromatic carbocycles. The molecular weight excluding hydrogens is 419 g/mol. The number of halogens is 3. The van der Waals surface area contributed by atoms with Crippen molar-refractivity contribution in [2.75, 3.05) is 5.73 Å². The predicted octanol–water partition coefficient (Wildman–Crippen LogP) is 4.19. The third kappa shape index (κ3) is 3.82. The largest absolute Gasteiger partial charge is 0.416 e. The number of anilines is 1. The van der Waals surface area contributed by atoms with Gasteiger partial charge in [-0.2, -0.15) is 33.8 Å². The fourth-order valence-electron chi connectivity index (χ4n) is 3.38. The van der Waals surface area contributed by atoms with Gasteiger partial charge in [0.1, 0.15) is 0 Å². The van der Waals surface area contributed by atoms with Crippen LogP contribution in [0.3, 0.4) is 0 Å². The molecule has 0 aliphatic heterocycles. The van der Waals surface area contributed by atoms with Crippen molar-refractivity contribution in [1.29, 1.82) is 10.5 Å². The van der Waals surface area contributed by atoms with E-state index in [4.69, 9.17) is 5.73 Å². The average molecular weight is 433 g/mol. The minimum Gasteiger partial charge on any atom is -0.368 e. The van der Waals surface area contributed by atoms with E-state index in [-0.39, 0.29) is 23.6 Å². The Hall–Kier alpha value is -4.44. The summed E-state index contributed by atoms with van der Waals surface area (Å²) in [4.78, 5) is 8.47. The maximum Gasteiger partial charge on any atom is 0.416 e. The first-order chi connectivity index (χ1) is 15.2. The molecule has 0 atom stereocenters. The molecule has 0 unspecified atom stereocenters. The van der Waals surface area contributed by atoms with Gasteiger partial charge in [0.15, 0.2) is 5.65 Å². The first-order valence-corrected chi connectivity index (χ1v) is 9.31. The SMILES string of the molecule is Cc1ccc(C(F)(F)F)cc1Cn1ncc2c(-c3cc(C#N)cc(C#N)c3)nc(N)nc21. The number of aryl methyl sites for hydroxylation is 1. The number of fused-ring (bicyclic) bond motifs is 1. The zero-order valence-electron chi connectivity index (χ0n) is 16.6. The van der Waals surface area contributed by atoms with Crippen molar-refractivity contribution in [3.8, 4) is 23.4 Å². The van der Waals surface area contributed by atoms with Crippen molar-refractivity contribution < 1.29 is 13.2 Å². The van der Waals surface area contributed by atoms with Crippen LogP contribution in [-0.2, 0) is 12.7 Å². The number of alkyl halides is 3. The van der Waals surface area contributed by atoms with E-state index >= 15 is 0 Å². The van der Waals surface area contributed by atoms with Gasteiger partial charge in [-0.3, -0.25) is 0 Å². The van der Waals surface area contributed by atoms with Crippen molar-refractivity contribution in [3.05, 3.63) is 70.4 Å². The number of nitriles is 2. The second kappa shape index (κ2) is 7.67. The highest BCUT2D eigenvalue weighted by Gasteiger charge is 2.30. The number of aromatic nitrogens is 4. The summed E-state index contributed by atoms with van der Waals surface area (Å²) in [6, 6.07) is 12.1. The van der Waals surface area contributed by atoms with Crippen molar-refractivity contribution >= 4 is 17.0 Å². The number of benzene rings is 2. The van der Waals surface area contributed by atoms with E-state index in [0.29, 0.717) is 33.4 Å². The van der Waals surface area contributed by atoms with E-state index in [1.54, 1.807) is 19.1 Å². The molecule has 0 amide bonds. The van der Waals surface area contributed by atoms with Crippen LogP contribution in [0.25, 0.3) is 22.3 Å². The van der Waals surface area contributed by atoms with E-state index in [0.717, 1.165) is 12.1 Å². The zero-order valence-corrected chi connectivity index (χ0v) is 16.6. The molecule has 4 rings (SSSR count). The molecule has 158 valence electrons. The lowest BCUT2D eigenvalue weighted by Gasteiger charge is -2.12. The summed E-state index contributed by atoms with van der Waals surface area (Å²) in [5, 5.41) is 23.3. The number of rotatable bonds is 3.